The molecule has 1 aromatic carbocycles. The van der Waals surface area contributed by atoms with Crippen LogP contribution in [0.25, 0.3) is 0 Å². The van der Waals surface area contributed by atoms with Gasteiger partial charge in [-0.15, -0.1) is 0 Å². The van der Waals surface area contributed by atoms with Crippen LogP contribution < -0.4 is 4.74 Å². The number of carbonyl (C=O) groups is 1. The highest BCUT2D eigenvalue weighted by Crippen LogP contribution is 2.16. The van der Waals surface area contributed by atoms with Gasteiger partial charge in [0.15, 0.2) is 5.78 Å². The van der Waals surface area contributed by atoms with Crippen molar-refractivity contribution in [1.29, 1.82) is 0 Å². The Morgan fingerprint density at radius 2 is 1.89 bits per heavy atom. The number of hydrogen-bond donors (Lipinski definition) is 0. The van der Waals surface area contributed by atoms with Gasteiger partial charge in [-0.05, 0) is 63.0 Å². The van der Waals surface area contributed by atoms with Crippen molar-refractivity contribution in [3.05, 3.63) is 29.8 Å². The van der Waals surface area contributed by atoms with Crippen molar-refractivity contribution in [3.8, 4) is 5.75 Å². The van der Waals surface area contributed by atoms with Gasteiger partial charge in [-0.2, -0.15) is 0 Å². The second-order valence-electron chi connectivity index (χ2n) is 5.45. The fraction of sp³-hybridized carbons (Fsp3) is 0.562. The van der Waals surface area contributed by atoms with Crippen LogP contribution in [0, 0.1) is 5.92 Å². The fourth-order valence-corrected chi connectivity index (χ4v) is 2.36. The van der Waals surface area contributed by atoms with E-state index in [1.165, 1.54) is 25.9 Å². The summed E-state index contributed by atoms with van der Waals surface area (Å²) in [6.07, 6.45) is 2.60. The molecule has 0 radical (unpaired) electrons. The van der Waals surface area contributed by atoms with Crippen LogP contribution >= 0.6 is 0 Å². The predicted octanol–water partition coefficient (Wildman–Crippen LogP) is 3.00. The monoisotopic (exact) mass is 261 g/mol. The number of piperidine rings is 1. The maximum atomic E-state index is 11.2. The molecule has 1 fully saturated rings. The Morgan fingerprint density at radius 1 is 1.26 bits per heavy atom. The van der Waals surface area contributed by atoms with Gasteiger partial charge in [0.25, 0.3) is 0 Å². The number of nitrogens with zero attached hydrogens (tertiary/aromatic N) is 1. The van der Waals surface area contributed by atoms with Crippen LogP contribution in [0.2, 0.25) is 0 Å². The molecule has 0 bridgehead atoms. The van der Waals surface area contributed by atoms with E-state index in [0.29, 0.717) is 6.61 Å². The van der Waals surface area contributed by atoms with Crippen LogP contribution in [0.5, 0.6) is 5.75 Å². The summed E-state index contributed by atoms with van der Waals surface area (Å²) in [5.41, 5.74) is 0.734. The van der Waals surface area contributed by atoms with Crippen molar-refractivity contribution >= 4 is 5.78 Å². The number of likely N-dealkylation sites (tertiary alicyclic amines) is 1. The fourth-order valence-electron chi connectivity index (χ4n) is 2.36. The molecule has 2 rings (SSSR count). The second-order valence-corrected chi connectivity index (χ2v) is 5.45. The van der Waals surface area contributed by atoms with Gasteiger partial charge in [0, 0.05) is 12.1 Å². The lowest BCUT2D eigenvalue weighted by Gasteiger charge is -2.29. The largest absolute Gasteiger partial charge is 0.492 e. The molecule has 1 aliphatic heterocycles. The van der Waals surface area contributed by atoms with Crippen molar-refractivity contribution in [3.63, 3.8) is 0 Å². The zero-order chi connectivity index (χ0) is 13.7. The summed E-state index contributed by atoms with van der Waals surface area (Å²) < 4.78 is 5.72. The van der Waals surface area contributed by atoms with Gasteiger partial charge >= 0.3 is 0 Å². The maximum Gasteiger partial charge on any atom is 0.159 e. The molecule has 0 N–H and O–H groups in total. The highest BCUT2D eigenvalue weighted by molar-refractivity contribution is 5.94. The van der Waals surface area contributed by atoms with E-state index in [0.717, 1.165) is 23.8 Å². The summed E-state index contributed by atoms with van der Waals surface area (Å²) in [5, 5.41) is 0. The Hall–Kier alpha value is -1.35. The highest BCUT2D eigenvalue weighted by atomic mass is 16.5. The topological polar surface area (TPSA) is 29.5 Å². The summed E-state index contributed by atoms with van der Waals surface area (Å²) in [6.45, 7) is 7.98. The number of benzene rings is 1. The van der Waals surface area contributed by atoms with Crippen molar-refractivity contribution in [2.75, 3.05) is 26.2 Å². The minimum Gasteiger partial charge on any atom is -0.492 e. The van der Waals surface area contributed by atoms with Gasteiger partial charge < -0.3 is 4.74 Å². The lowest BCUT2D eigenvalue weighted by Crippen LogP contribution is -2.35. The molecule has 1 aliphatic rings. The molecule has 3 heteroatoms. The molecular formula is C16H23NO2. The van der Waals surface area contributed by atoms with Crippen molar-refractivity contribution in [1.82, 2.24) is 4.90 Å². The lowest BCUT2D eigenvalue weighted by atomic mass is 9.99. The first-order valence-electron chi connectivity index (χ1n) is 7.11. The number of ether oxygens (including phenoxy) is 1. The third-order valence-corrected chi connectivity index (χ3v) is 3.81. The van der Waals surface area contributed by atoms with Gasteiger partial charge in [-0.1, -0.05) is 6.92 Å². The Labute approximate surface area is 115 Å². The number of Topliss-reactive ketones (excluding diaryl/α,β-unsaturated/α-hetero) is 1. The first-order valence-corrected chi connectivity index (χ1v) is 7.11. The Morgan fingerprint density at radius 3 is 2.47 bits per heavy atom. The van der Waals surface area contributed by atoms with Crippen LogP contribution in [0.1, 0.15) is 37.0 Å². The molecule has 0 unspecified atom stereocenters. The molecule has 0 aromatic heterocycles. The van der Waals surface area contributed by atoms with E-state index in [9.17, 15) is 4.79 Å². The van der Waals surface area contributed by atoms with Gasteiger partial charge in [-0.25, -0.2) is 0 Å². The zero-order valence-electron chi connectivity index (χ0n) is 11.9. The van der Waals surface area contributed by atoms with Crippen LogP contribution in [-0.4, -0.2) is 36.9 Å². The summed E-state index contributed by atoms with van der Waals surface area (Å²) in [7, 11) is 0. The Kier molecular flexibility index (Phi) is 4.97. The van der Waals surface area contributed by atoms with Crippen LogP contribution in [-0.2, 0) is 0 Å². The Bertz CT molecular complexity index is 405. The number of hydrogen-bond acceptors (Lipinski definition) is 3. The van der Waals surface area contributed by atoms with E-state index >= 15 is 0 Å². The first kappa shape index (κ1) is 14.1. The SMILES string of the molecule is CC(=O)c1ccc(OCCN2CCC(C)CC2)cc1. The zero-order valence-corrected chi connectivity index (χ0v) is 11.9. The first-order chi connectivity index (χ1) is 9.15. The molecule has 1 heterocycles. The minimum absolute atomic E-state index is 0.0917. The predicted molar refractivity (Wildman–Crippen MR) is 76.8 cm³/mol. The van der Waals surface area contributed by atoms with E-state index < -0.39 is 0 Å². The number of carbonyl (C=O) groups excluding carboxylic acids is 1. The molecule has 19 heavy (non-hydrogen) atoms. The second kappa shape index (κ2) is 6.71. The molecule has 1 aromatic rings. The number of rotatable bonds is 5. The van der Waals surface area contributed by atoms with Gasteiger partial charge in [0.1, 0.15) is 12.4 Å². The van der Waals surface area contributed by atoms with E-state index in [4.69, 9.17) is 4.74 Å². The van der Waals surface area contributed by atoms with Crippen LogP contribution in [0.4, 0.5) is 0 Å². The van der Waals surface area contributed by atoms with Crippen LogP contribution in [0.15, 0.2) is 24.3 Å². The molecule has 0 spiro atoms. The summed E-state index contributed by atoms with van der Waals surface area (Å²) in [5.74, 6) is 1.81. The molecular weight excluding hydrogens is 238 g/mol. The smallest absolute Gasteiger partial charge is 0.159 e. The standard InChI is InChI=1S/C16H23NO2/c1-13-7-9-17(10-8-13)11-12-19-16-5-3-15(4-6-16)14(2)18/h3-6,13H,7-12H2,1-2H3. The average molecular weight is 261 g/mol. The molecule has 0 saturated carbocycles. The summed E-state index contributed by atoms with van der Waals surface area (Å²) in [6, 6.07) is 7.38. The van der Waals surface area contributed by atoms with Gasteiger partial charge in [0.2, 0.25) is 0 Å². The van der Waals surface area contributed by atoms with Gasteiger partial charge in [-0.3, -0.25) is 9.69 Å². The summed E-state index contributed by atoms with van der Waals surface area (Å²) in [4.78, 5) is 13.6. The van der Waals surface area contributed by atoms with E-state index in [1.54, 1.807) is 6.92 Å². The van der Waals surface area contributed by atoms with Crippen molar-refractivity contribution in [2.24, 2.45) is 5.92 Å². The van der Waals surface area contributed by atoms with E-state index in [-0.39, 0.29) is 5.78 Å². The highest BCUT2D eigenvalue weighted by Gasteiger charge is 2.14. The van der Waals surface area contributed by atoms with E-state index in [2.05, 4.69) is 11.8 Å². The molecule has 0 atom stereocenters. The molecule has 0 aliphatic carbocycles. The molecule has 0 amide bonds. The molecule has 104 valence electrons. The van der Waals surface area contributed by atoms with Crippen LogP contribution in [0.3, 0.4) is 0 Å². The quantitative estimate of drug-likeness (QED) is 0.763. The van der Waals surface area contributed by atoms with Crippen molar-refractivity contribution in [2.45, 2.75) is 26.7 Å². The summed E-state index contributed by atoms with van der Waals surface area (Å²) >= 11 is 0. The lowest BCUT2D eigenvalue weighted by molar-refractivity contribution is 0.101. The minimum atomic E-state index is 0.0917. The normalized spacial score (nSPS) is 17.4. The third-order valence-electron chi connectivity index (χ3n) is 3.81. The van der Waals surface area contributed by atoms with E-state index in [1.807, 2.05) is 24.3 Å². The third kappa shape index (κ3) is 4.35. The average Bonchev–Trinajstić information content (AvgIpc) is 2.41. The number of ketones is 1. The molecule has 1 saturated heterocycles. The van der Waals surface area contributed by atoms with Crippen molar-refractivity contribution < 1.29 is 9.53 Å². The molecule has 3 nitrogen and oxygen atoms in total. The Balaban J connectivity index is 1.72. The maximum absolute atomic E-state index is 11.2. The van der Waals surface area contributed by atoms with Gasteiger partial charge in [0.05, 0.1) is 0 Å².